The number of carbonyl (C=O) groups is 2. The summed E-state index contributed by atoms with van der Waals surface area (Å²) in [6, 6.07) is 6.84. The largest absolute Gasteiger partial charge is 0.467 e. The molecule has 6 nitrogen and oxygen atoms in total. The summed E-state index contributed by atoms with van der Waals surface area (Å²) in [5.41, 5.74) is 0.559. The zero-order valence-corrected chi connectivity index (χ0v) is 13.7. The van der Waals surface area contributed by atoms with Gasteiger partial charge in [0.05, 0.1) is 18.8 Å². The van der Waals surface area contributed by atoms with Crippen molar-refractivity contribution in [1.29, 1.82) is 5.26 Å². The maximum atomic E-state index is 13.8. The Morgan fingerprint density at radius 3 is 2.12 bits per heavy atom. The molecule has 0 aliphatic rings. The van der Waals surface area contributed by atoms with Gasteiger partial charge in [-0.1, -0.05) is 17.7 Å². The normalized spacial score (nSPS) is 14.6. The van der Waals surface area contributed by atoms with E-state index >= 15 is 0 Å². The van der Waals surface area contributed by atoms with Crippen molar-refractivity contribution in [3.63, 3.8) is 0 Å². The first-order valence-corrected chi connectivity index (χ1v) is 6.92. The van der Waals surface area contributed by atoms with Crippen molar-refractivity contribution in [1.82, 2.24) is 5.32 Å². The Morgan fingerprint density at radius 2 is 1.76 bits per heavy atom. The number of methoxy groups -OCH3 is 1. The second-order valence-corrected chi connectivity index (χ2v) is 5.23. The SMILES string of the molecule is COC(=O)C(NC(=O)c1ccc(C)cc1)(/C(C#N)=C(/C)N)C(F)(F)F. The number of ether oxygens (including phenoxy) is 1. The van der Waals surface area contributed by atoms with Crippen molar-refractivity contribution in [3.05, 3.63) is 46.7 Å². The number of benzene rings is 1. The number of alkyl halides is 3. The smallest absolute Gasteiger partial charge is 0.427 e. The summed E-state index contributed by atoms with van der Waals surface area (Å²) in [4.78, 5) is 24.3. The lowest BCUT2D eigenvalue weighted by atomic mass is 9.87. The molecule has 0 bridgehead atoms. The highest BCUT2D eigenvalue weighted by atomic mass is 19.4. The molecule has 25 heavy (non-hydrogen) atoms. The van der Waals surface area contributed by atoms with Crippen molar-refractivity contribution < 1.29 is 27.5 Å². The summed E-state index contributed by atoms with van der Waals surface area (Å²) in [6.07, 6.45) is -5.37. The number of nitrogens with one attached hydrogen (secondary N) is 1. The third-order valence-electron chi connectivity index (χ3n) is 3.41. The number of aryl methyl sites for hydroxylation is 1. The molecule has 134 valence electrons. The molecule has 0 heterocycles. The maximum Gasteiger partial charge on any atom is 0.427 e. The molecule has 1 amide bonds. The zero-order chi connectivity index (χ0) is 19.4. The molecule has 0 aliphatic carbocycles. The first kappa shape index (κ1) is 20.0. The molecule has 0 fully saturated rings. The molecular weight excluding hydrogens is 339 g/mol. The van der Waals surface area contributed by atoms with Gasteiger partial charge in [-0.25, -0.2) is 4.79 Å². The molecule has 0 aromatic heterocycles. The molecule has 0 saturated carbocycles. The summed E-state index contributed by atoms with van der Waals surface area (Å²) in [7, 11) is 0.710. The van der Waals surface area contributed by atoms with Gasteiger partial charge in [0.25, 0.3) is 11.4 Å². The second-order valence-electron chi connectivity index (χ2n) is 5.23. The first-order chi connectivity index (χ1) is 11.5. The minimum atomic E-state index is -5.37. The molecule has 1 atom stereocenters. The van der Waals surface area contributed by atoms with E-state index in [-0.39, 0.29) is 5.56 Å². The molecule has 1 aromatic carbocycles. The van der Waals surface area contributed by atoms with Gasteiger partial charge in [0.2, 0.25) is 0 Å². The monoisotopic (exact) mass is 355 g/mol. The second kappa shape index (κ2) is 7.25. The first-order valence-electron chi connectivity index (χ1n) is 6.92. The van der Waals surface area contributed by atoms with Crippen LogP contribution in [0.2, 0.25) is 0 Å². The van der Waals surface area contributed by atoms with Crippen LogP contribution >= 0.6 is 0 Å². The average Bonchev–Trinajstić information content (AvgIpc) is 2.52. The van der Waals surface area contributed by atoms with Crippen LogP contribution in [0.25, 0.3) is 0 Å². The van der Waals surface area contributed by atoms with Crippen LogP contribution in [-0.4, -0.2) is 30.7 Å². The minimum Gasteiger partial charge on any atom is -0.467 e. The fraction of sp³-hybridized carbons (Fsp3) is 0.312. The Bertz CT molecular complexity index is 745. The standard InChI is InChI=1S/C16H16F3N3O3/c1-9-4-6-11(7-5-9)13(23)22-15(14(24)25-3,16(17,18)19)12(8-20)10(2)21/h4-7H,21H2,1-3H3,(H,22,23)/b12-10-. The Labute approximate surface area is 142 Å². The van der Waals surface area contributed by atoms with Crippen LogP contribution in [0.4, 0.5) is 13.2 Å². The Hall–Kier alpha value is -3.02. The van der Waals surface area contributed by atoms with Crippen molar-refractivity contribution in [2.45, 2.75) is 25.6 Å². The van der Waals surface area contributed by atoms with Crippen molar-refractivity contribution in [2.75, 3.05) is 7.11 Å². The van der Waals surface area contributed by atoms with Gasteiger partial charge in [0.15, 0.2) is 0 Å². The van der Waals surface area contributed by atoms with Crippen LogP contribution in [0.15, 0.2) is 35.5 Å². The third kappa shape index (κ3) is 3.74. The number of rotatable bonds is 4. The molecule has 3 N–H and O–H groups in total. The molecule has 0 aliphatic heterocycles. The minimum absolute atomic E-state index is 0.130. The van der Waals surface area contributed by atoms with Crippen molar-refractivity contribution >= 4 is 11.9 Å². The lowest BCUT2D eigenvalue weighted by Crippen LogP contribution is -2.65. The van der Waals surface area contributed by atoms with E-state index in [1.165, 1.54) is 30.3 Å². The molecule has 1 unspecified atom stereocenters. The Morgan fingerprint density at radius 1 is 1.24 bits per heavy atom. The van der Waals surface area contributed by atoms with Crippen LogP contribution < -0.4 is 11.1 Å². The number of esters is 1. The maximum absolute atomic E-state index is 13.8. The molecule has 1 rings (SSSR count). The lowest BCUT2D eigenvalue weighted by Gasteiger charge is -2.33. The number of amides is 1. The lowest BCUT2D eigenvalue weighted by molar-refractivity contribution is -0.200. The molecule has 1 aromatic rings. The van der Waals surface area contributed by atoms with Gasteiger partial charge < -0.3 is 15.8 Å². The summed E-state index contributed by atoms with van der Waals surface area (Å²) >= 11 is 0. The fourth-order valence-electron chi connectivity index (χ4n) is 2.11. The Kier molecular flexibility index (Phi) is 5.81. The number of carbonyl (C=O) groups excluding carboxylic acids is 2. The van der Waals surface area contributed by atoms with E-state index in [9.17, 15) is 22.8 Å². The number of hydrogen-bond acceptors (Lipinski definition) is 5. The van der Waals surface area contributed by atoms with Gasteiger partial charge >= 0.3 is 12.1 Å². The van der Waals surface area contributed by atoms with E-state index in [2.05, 4.69) is 4.74 Å². The van der Waals surface area contributed by atoms with Gasteiger partial charge in [-0.15, -0.1) is 0 Å². The van der Waals surface area contributed by atoms with E-state index in [1.807, 2.05) is 0 Å². The van der Waals surface area contributed by atoms with Crippen molar-refractivity contribution in [2.24, 2.45) is 5.73 Å². The van der Waals surface area contributed by atoms with E-state index in [1.54, 1.807) is 12.2 Å². The average molecular weight is 355 g/mol. The van der Waals surface area contributed by atoms with Crippen LogP contribution in [0.1, 0.15) is 22.8 Å². The topological polar surface area (TPSA) is 105 Å². The Balaban J connectivity index is 3.58. The number of nitrogens with zero attached hydrogens (tertiary/aromatic N) is 1. The third-order valence-corrected chi connectivity index (χ3v) is 3.41. The van der Waals surface area contributed by atoms with E-state index in [4.69, 9.17) is 11.0 Å². The molecule has 0 spiro atoms. The number of allylic oxidation sites excluding steroid dienone is 1. The van der Waals surface area contributed by atoms with Crippen LogP contribution in [-0.2, 0) is 9.53 Å². The van der Waals surface area contributed by atoms with Crippen LogP contribution in [0, 0.1) is 18.3 Å². The predicted molar refractivity (Wildman–Crippen MR) is 81.9 cm³/mol. The summed E-state index contributed by atoms with van der Waals surface area (Å²) in [5, 5.41) is 10.7. The van der Waals surface area contributed by atoms with E-state index in [0.717, 1.165) is 12.5 Å². The number of hydrogen-bond donors (Lipinski definition) is 2. The van der Waals surface area contributed by atoms with Crippen LogP contribution in [0.5, 0.6) is 0 Å². The van der Waals surface area contributed by atoms with Gasteiger partial charge in [-0.2, -0.15) is 18.4 Å². The summed E-state index contributed by atoms with van der Waals surface area (Å²) in [5.74, 6) is -3.08. The predicted octanol–water partition coefficient (Wildman–Crippen LogP) is 1.96. The zero-order valence-electron chi connectivity index (χ0n) is 13.7. The summed E-state index contributed by atoms with van der Waals surface area (Å²) in [6.45, 7) is 2.74. The van der Waals surface area contributed by atoms with Gasteiger partial charge in [-0.3, -0.25) is 4.79 Å². The van der Waals surface area contributed by atoms with Gasteiger partial charge in [0, 0.05) is 11.3 Å². The van der Waals surface area contributed by atoms with Crippen molar-refractivity contribution in [3.8, 4) is 6.07 Å². The quantitative estimate of drug-likeness (QED) is 0.634. The number of halogens is 3. The van der Waals surface area contributed by atoms with Gasteiger partial charge in [0.1, 0.15) is 0 Å². The van der Waals surface area contributed by atoms with Gasteiger partial charge in [-0.05, 0) is 26.0 Å². The number of nitriles is 1. The fourth-order valence-corrected chi connectivity index (χ4v) is 2.11. The molecule has 0 radical (unpaired) electrons. The van der Waals surface area contributed by atoms with Crippen LogP contribution in [0.3, 0.4) is 0 Å². The van der Waals surface area contributed by atoms with E-state index < -0.39 is 34.9 Å². The molecular formula is C16H16F3N3O3. The molecule has 9 heteroatoms. The summed E-state index contributed by atoms with van der Waals surface area (Å²) < 4.78 is 45.6. The van der Waals surface area contributed by atoms with E-state index in [0.29, 0.717) is 7.11 Å². The highest BCUT2D eigenvalue weighted by Gasteiger charge is 2.66. The highest BCUT2D eigenvalue weighted by molar-refractivity contribution is 6.00. The number of nitrogens with two attached hydrogens (primary N) is 1. The highest BCUT2D eigenvalue weighted by Crippen LogP contribution is 2.38. The molecule has 0 saturated heterocycles.